The van der Waals surface area contributed by atoms with E-state index >= 15 is 0 Å². The van der Waals surface area contributed by atoms with E-state index in [0.29, 0.717) is 42.9 Å². The number of rotatable bonds is 4. The Morgan fingerprint density at radius 3 is 2.70 bits per heavy atom. The maximum absolute atomic E-state index is 12.7. The quantitative estimate of drug-likeness (QED) is 0.855. The number of nitrogen functional groups attached to an aromatic ring is 1. The zero-order valence-corrected chi connectivity index (χ0v) is 11.8. The average molecular weight is 273 g/mol. The lowest BCUT2D eigenvalue weighted by Gasteiger charge is -2.41. The van der Waals surface area contributed by atoms with E-state index in [1.165, 1.54) is 0 Å². The monoisotopic (exact) mass is 273 g/mol. The highest BCUT2D eigenvalue weighted by Gasteiger charge is 2.45. The molecule has 0 radical (unpaired) electrons. The molecule has 1 aliphatic heterocycles. The molecule has 1 aromatic carbocycles. The van der Waals surface area contributed by atoms with E-state index in [4.69, 9.17) is 15.7 Å². The fourth-order valence-corrected chi connectivity index (χ4v) is 2.53. The van der Waals surface area contributed by atoms with Crippen LogP contribution in [0.15, 0.2) is 18.2 Å². The van der Waals surface area contributed by atoms with Crippen LogP contribution < -0.4 is 15.4 Å². The van der Waals surface area contributed by atoms with Crippen molar-refractivity contribution in [1.82, 2.24) is 0 Å². The number of fused-ring (bicyclic) bond motifs is 1. The third kappa shape index (κ3) is 2.18. The van der Waals surface area contributed by atoms with E-state index in [1.807, 2.05) is 13.8 Å². The standard InChI is InChI=1S/C15H19N3O2/c1-3-15(4-2)14(19)18(9-5-8-16)12-7-6-11(17)10-13(12)20-15/h6-7,10H,3-5,9,17H2,1-2H3. The van der Waals surface area contributed by atoms with Crippen molar-refractivity contribution < 1.29 is 9.53 Å². The lowest BCUT2D eigenvalue weighted by atomic mass is 9.92. The minimum Gasteiger partial charge on any atom is -0.475 e. The molecule has 0 fully saturated rings. The van der Waals surface area contributed by atoms with Crippen LogP contribution in [0.2, 0.25) is 0 Å². The Morgan fingerprint density at radius 2 is 2.10 bits per heavy atom. The van der Waals surface area contributed by atoms with Crippen LogP contribution in [0.1, 0.15) is 33.1 Å². The number of ether oxygens (including phenoxy) is 1. The smallest absolute Gasteiger partial charge is 0.271 e. The van der Waals surface area contributed by atoms with Gasteiger partial charge in [-0.25, -0.2) is 0 Å². The molecule has 5 nitrogen and oxygen atoms in total. The summed E-state index contributed by atoms with van der Waals surface area (Å²) < 4.78 is 5.97. The zero-order chi connectivity index (χ0) is 14.8. The molecule has 1 aliphatic rings. The normalized spacial score (nSPS) is 16.2. The molecular weight excluding hydrogens is 254 g/mol. The number of hydrogen-bond acceptors (Lipinski definition) is 4. The predicted molar refractivity (Wildman–Crippen MR) is 77.4 cm³/mol. The highest BCUT2D eigenvalue weighted by Crippen LogP contribution is 2.41. The number of nitriles is 1. The van der Waals surface area contributed by atoms with E-state index in [9.17, 15) is 4.79 Å². The molecule has 0 aromatic heterocycles. The SMILES string of the molecule is CCC1(CC)Oc2cc(N)ccc2N(CCC#N)C1=O. The highest BCUT2D eigenvalue weighted by molar-refractivity contribution is 6.03. The molecule has 1 aromatic rings. The lowest BCUT2D eigenvalue weighted by molar-refractivity contribution is -0.136. The van der Waals surface area contributed by atoms with Crippen molar-refractivity contribution in [2.24, 2.45) is 0 Å². The maximum Gasteiger partial charge on any atom is 0.271 e. The van der Waals surface area contributed by atoms with Gasteiger partial charge in [0.15, 0.2) is 5.60 Å². The molecule has 1 heterocycles. The van der Waals surface area contributed by atoms with E-state index in [-0.39, 0.29) is 5.91 Å². The number of carbonyl (C=O) groups excluding carboxylic acids is 1. The van der Waals surface area contributed by atoms with Crippen molar-refractivity contribution in [2.45, 2.75) is 38.7 Å². The summed E-state index contributed by atoms with van der Waals surface area (Å²) in [4.78, 5) is 14.4. The summed E-state index contributed by atoms with van der Waals surface area (Å²) in [5.41, 5.74) is 6.24. The van der Waals surface area contributed by atoms with Crippen LogP contribution in [0.4, 0.5) is 11.4 Å². The van der Waals surface area contributed by atoms with Gasteiger partial charge in [0.1, 0.15) is 5.75 Å². The molecular formula is C15H19N3O2. The number of anilines is 2. The molecule has 106 valence electrons. The Kier molecular flexibility index (Phi) is 3.84. The summed E-state index contributed by atoms with van der Waals surface area (Å²) in [5, 5.41) is 8.78. The second kappa shape index (κ2) is 5.41. The van der Waals surface area contributed by atoms with E-state index < -0.39 is 5.60 Å². The average Bonchev–Trinajstić information content (AvgIpc) is 2.46. The van der Waals surface area contributed by atoms with Crippen LogP contribution in [0, 0.1) is 11.3 Å². The molecule has 0 atom stereocenters. The molecule has 0 saturated heterocycles. The van der Waals surface area contributed by atoms with Gasteiger partial charge >= 0.3 is 0 Å². The van der Waals surface area contributed by atoms with Gasteiger partial charge < -0.3 is 15.4 Å². The summed E-state index contributed by atoms with van der Waals surface area (Å²) in [6, 6.07) is 7.33. The molecule has 0 aliphatic carbocycles. The molecule has 0 unspecified atom stereocenters. The van der Waals surface area contributed by atoms with Crippen LogP contribution >= 0.6 is 0 Å². The van der Waals surface area contributed by atoms with Crippen LogP contribution in [0.5, 0.6) is 5.75 Å². The number of nitrogens with zero attached hydrogens (tertiary/aromatic N) is 2. The lowest BCUT2D eigenvalue weighted by Crippen LogP contribution is -2.55. The van der Waals surface area contributed by atoms with Gasteiger partial charge in [0.05, 0.1) is 18.2 Å². The Hall–Kier alpha value is -2.22. The number of carbonyl (C=O) groups is 1. The molecule has 0 bridgehead atoms. The van der Waals surface area contributed by atoms with Crippen molar-refractivity contribution in [3.63, 3.8) is 0 Å². The third-order valence-corrected chi connectivity index (χ3v) is 3.80. The third-order valence-electron chi connectivity index (χ3n) is 3.80. The van der Waals surface area contributed by atoms with Crippen LogP contribution in [0.3, 0.4) is 0 Å². The Balaban J connectivity index is 2.50. The molecule has 5 heteroatoms. The van der Waals surface area contributed by atoms with Crippen molar-refractivity contribution in [3.8, 4) is 11.8 Å². The van der Waals surface area contributed by atoms with Gasteiger partial charge in [0, 0.05) is 18.3 Å². The first kappa shape index (κ1) is 14.2. The molecule has 0 saturated carbocycles. The minimum atomic E-state index is -0.851. The number of amides is 1. The van der Waals surface area contributed by atoms with Crippen molar-refractivity contribution in [2.75, 3.05) is 17.2 Å². The molecule has 2 rings (SSSR count). The largest absolute Gasteiger partial charge is 0.475 e. The topological polar surface area (TPSA) is 79.3 Å². The summed E-state index contributed by atoms with van der Waals surface area (Å²) >= 11 is 0. The van der Waals surface area contributed by atoms with Crippen LogP contribution in [-0.2, 0) is 4.79 Å². The fraction of sp³-hybridized carbons (Fsp3) is 0.467. The summed E-state index contributed by atoms with van der Waals surface area (Å²) in [6.07, 6.45) is 1.46. The van der Waals surface area contributed by atoms with E-state index in [2.05, 4.69) is 6.07 Å². The Morgan fingerprint density at radius 1 is 1.40 bits per heavy atom. The van der Waals surface area contributed by atoms with Gasteiger partial charge in [-0.2, -0.15) is 5.26 Å². The summed E-state index contributed by atoms with van der Waals surface area (Å²) in [7, 11) is 0. The number of nitrogens with two attached hydrogens (primary N) is 1. The van der Waals surface area contributed by atoms with E-state index in [1.54, 1.807) is 23.1 Å². The fourth-order valence-electron chi connectivity index (χ4n) is 2.53. The highest BCUT2D eigenvalue weighted by atomic mass is 16.5. The van der Waals surface area contributed by atoms with E-state index in [0.717, 1.165) is 0 Å². The Labute approximate surface area is 118 Å². The predicted octanol–water partition coefficient (Wildman–Crippen LogP) is 2.47. The van der Waals surface area contributed by atoms with Crippen molar-refractivity contribution in [1.29, 1.82) is 5.26 Å². The zero-order valence-electron chi connectivity index (χ0n) is 11.8. The molecule has 1 amide bonds. The first-order valence-corrected chi connectivity index (χ1v) is 6.85. The van der Waals surface area contributed by atoms with Gasteiger partial charge in [-0.1, -0.05) is 13.8 Å². The van der Waals surface area contributed by atoms with Crippen molar-refractivity contribution in [3.05, 3.63) is 18.2 Å². The van der Waals surface area contributed by atoms with Gasteiger partial charge in [-0.3, -0.25) is 4.79 Å². The second-order valence-electron chi connectivity index (χ2n) is 4.90. The first-order chi connectivity index (χ1) is 9.57. The molecule has 20 heavy (non-hydrogen) atoms. The van der Waals surface area contributed by atoms with Gasteiger partial charge in [0.2, 0.25) is 0 Å². The molecule has 0 spiro atoms. The maximum atomic E-state index is 12.7. The summed E-state index contributed by atoms with van der Waals surface area (Å²) in [5.74, 6) is 0.543. The minimum absolute atomic E-state index is 0.0741. The first-order valence-electron chi connectivity index (χ1n) is 6.85. The second-order valence-corrected chi connectivity index (χ2v) is 4.90. The number of hydrogen-bond donors (Lipinski definition) is 1. The van der Waals surface area contributed by atoms with Crippen LogP contribution in [-0.4, -0.2) is 18.1 Å². The summed E-state index contributed by atoms with van der Waals surface area (Å²) in [6.45, 7) is 4.24. The van der Waals surface area contributed by atoms with Gasteiger partial charge in [0.25, 0.3) is 5.91 Å². The van der Waals surface area contributed by atoms with Gasteiger partial charge in [-0.15, -0.1) is 0 Å². The molecule has 2 N–H and O–H groups in total. The van der Waals surface area contributed by atoms with Crippen LogP contribution in [0.25, 0.3) is 0 Å². The van der Waals surface area contributed by atoms with Gasteiger partial charge in [-0.05, 0) is 25.0 Å². The number of benzene rings is 1. The van der Waals surface area contributed by atoms with Crippen molar-refractivity contribution >= 4 is 17.3 Å². The Bertz CT molecular complexity index is 559.